The summed E-state index contributed by atoms with van der Waals surface area (Å²) in [7, 11) is 0. The highest BCUT2D eigenvalue weighted by atomic mass is 16.6. The highest BCUT2D eigenvalue weighted by molar-refractivity contribution is 5.68. The Bertz CT molecular complexity index is 411. The van der Waals surface area contributed by atoms with E-state index in [0.717, 1.165) is 31.9 Å². The number of aromatic nitrogens is 2. The van der Waals surface area contributed by atoms with Crippen LogP contribution in [-0.2, 0) is 4.74 Å². The van der Waals surface area contributed by atoms with Crippen molar-refractivity contribution in [2.75, 3.05) is 31.1 Å². The average molecular weight is 266 g/mol. The smallest absolute Gasteiger partial charge is 0.410 e. The number of anilines is 1. The van der Waals surface area contributed by atoms with Crippen LogP contribution >= 0.6 is 0 Å². The molecule has 1 fully saturated rings. The molecule has 2 rings (SSSR count). The third-order valence-corrected chi connectivity index (χ3v) is 2.97. The van der Waals surface area contributed by atoms with Crippen molar-refractivity contribution in [2.24, 2.45) is 0 Å². The first-order chi connectivity index (χ1) is 8.96. The Labute approximate surface area is 113 Å². The number of amides is 1. The van der Waals surface area contributed by atoms with Gasteiger partial charge in [-0.15, -0.1) is 0 Å². The molecule has 0 radical (unpaired) electrons. The standard InChI is InChI=1S/C13H22N4O2/c1-13(2,3)19-12(18)17-6-4-5-16(7-8-17)11-9-14-10-15-11/h9-10H,4-8H2,1-3H3,(H,14,15). The highest BCUT2D eigenvalue weighted by Crippen LogP contribution is 2.15. The molecule has 1 amide bonds. The van der Waals surface area contributed by atoms with E-state index >= 15 is 0 Å². The third-order valence-electron chi connectivity index (χ3n) is 2.97. The summed E-state index contributed by atoms with van der Waals surface area (Å²) in [6.07, 6.45) is 4.19. The third kappa shape index (κ3) is 3.87. The Hall–Kier alpha value is -1.72. The number of H-pyrrole nitrogens is 1. The number of hydrogen-bond donors (Lipinski definition) is 1. The molecule has 0 aromatic carbocycles. The Morgan fingerprint density at radius 2 is 2.11 bits per heavy atom. The molecular weight excluding hydrogens is 244 g/mol. The lowest BCUT2D eigenvalue weighted by Gasteiger charge is -2.26. The zero-order valence-electron chi connectivity index (χ0n) is 11.8. The molecule has 1 saturated heterocycles. The molecule has 19 heavy (non-hydrogen) atoms. The molecule has 1 aromatic rings. The average Bonchev–Trinajstić information content (AvgIpc) is 2.71. The second kappa shape index (κ2) is 5.50. The summed E-state index contributed by atoms with van der Waals surface area (Å²) in [5, 5.41) is 0. The molecule has 0 spiro atoms. The number of aromatic amines is 1. The summed E-state index contributed by atoms with van der Waals surface area (Å²) in [6.45, 7) is 8.79. The summed E-state index contributed by atoms with van der Waals surface area (Å²) >= 11 is 0. The molecule has 0 bridgehead atoms. The second-order valence-corrected chi connectivity index (χ2v) is 5.74. The van der Waals surface area contributed by atoms with Gasteiger partial charge in [0.15, 0.2) is 0 Å². The van der Waals surface area contributed by atoms with Crippen LogP contribution in [0.2, 0.25) is 0 Å². The number of nitrogens with zero attached hydrogens (tertiary/aromatic N) is 3. The van der Waals surface area contributed by atoms with Crippen LogP contribution in [0.1, 0.15) is 27.2 Å². The Balaban J connectivity index is 1.91. The van der Waals surface area contributed by atoms with E-state index < -0.39 is 5.60 Å². The Morgan fingerprint density at radius 1 is 1.32 bits per heavy atom. The molecule has 6 nitrogen and oxygen atoms in total. The minimum Gasteiger partial charge on any atom is -0.444 e. The second-order valence-electron chi connectivity index (χ2n) is 5.74. The first-order valence-corrected chi connectivity index (χ1v) is 6.67. The zero-order chi connectivity index (χ0) is 13.9. The SMILES string of the molecule is CC(C)(C)OC(=O)N1CCCN(c2cnc[nH]2)CC1. The summed E-state index contributed by atoms with van der Waals surface area (Å²) in [5.41, 5.74) is -0.438. The largest absolute Gasteiger partial charge is 0.444 e. The summed E-state index contributed by atoms with van der Waals surface area (Å²) in [6, 6.07) is 0. The van der Waals surface area contributed by atoms with Gasteiger partial charge in [0.2, 0.25) is 0 Å². The summed E-state index contributed by atoms with van der Waals surface area (Å²) in [5.74, 6) is 1.01. The van der Waals surface area contributed by atoms with Gasteiger partial charge in [0.1, 0.15) is 11.4 Å². The lowest BCUT2D eigenvalue weighted by molar-refractivity contribution is 0.0263. The van der Waals surface area contributed by atoms with Gasteiger partial charge in [0.05, 0.1) is 12.5 Å². The van der Waals surface area contributed by atoms with Crippen molar-refractivity contribution in [2.45, 2.75) is 32.8 Å². The number of carbonyl (C=O) groups excluding carboxylic acids is 1. The molecule has 2 heterocycles. The van der Waals surface area contributed by atoms with Gasteiger partial charge in [-0.2, -0.15) is 0 Å². The molecular formula is C13H22N4O2. The van der Waals surface area contributed by atoms with Crippen LogP contribution in [0.15, 0.2) is 12.5 Å². The van der Waals surface area contributed by atoms with Gasteiger partial charge < -0.3 is 19.5 Å². The van der Waals surface area contributed by atoms with E-state index in [1.165, 1.54) is 0 Å². The fraction of sp³-hybridized carbons (Fsp3) is 0.692. The normalized spacial score (nSPS) is 17.2. The summed E-state index contributed by atoms with van der Waals surface area (Å²) in [4.78, 5) is 23.1. The highest BCUT2D eigenvalue weighted by Gasteiger charge is 2.24. The molecule has 106 valence electrons. The number of nitrogens with one attached hydrogen (secondary N) is 1. The van der Waals surface area contributed by atoms with E-state index in [1.54, 1.807) is 11.2 Å². The molecule has 1 aliphatic rings. The number of ether oxygens (including phenoxy) is 1. The van der Waals surface area contributed by atoms with Crippen molar-refractivity contribution in [3.05, 3.63) is 12.5 Å². The van der Waals surface area contributed by atoms with Crippen molar-refractivity contribution < 1.29 is 9.53 Å². The van der Waals surface area contributed by atoms with Crippen molar-refractivity contribution in [3.63, 3.8) is 0 Å². The lowest BCUT2D eigenvalue weighted by Crippen LogP contribution is -2.39. The van der Waals surface area contributed by atoms with Gasteiger partial charge >= 0.3 is 6.09 Å². The Morgan fingerprint density at radius 3 is 2.74 bits per heavy atom. The quantitative estimate of drug-likeness (QED) is 0.842. The van der Waals surface area contributed by atoms with Crippen LogP contribution in [0.5, 0.6) is 0 Å². The van der Waals surface area contributed by atoms with Gasteiger partial charge in [-0.1, -0.05) is 0 Å². The van der Waals surface area contributed by atoms with E-state index in [2.05, 4.69) is 14.9 Å². The molecule has 0 atom stereocenters. The van der Waals surface area contributed by atoms with E-state index in [9.17, 15) is 4.79 Å². The van der Waals surface area contributed by atoms with Gasteiger partial charge in [0, 0.05) is 26.2 Å². The Kier molecular flexibility index (Phi) is 3.97. The van der Waals surface area contributed by atoms with Crippen LogP contribution < -0.4 is 4.90 Å². The molecule has 0 aliphatic carbocycles. The minimum absolute atomic E-state index is 0.223. The van der Waals surface area contributed by atoms with E-state index in [0.29, 0.717) is 6.54 Å². The maximum atomic E-state index is 12.0. The van der Waals surface area contributed by atoms with Gasteiger partial charge in [-0.3, -0.25) is 0 Å². The van der Waals surface area contributed by atoms with Crippen molar-refractivity contribution in [3.8, 4) is 0 Å². The number of imidazole rings is 1. The lowest BCUT2D eigenvalue weighted by atomic mass is 10.2. The number of carbonyl (C=O) groups is 1. The van der Waals surface area contributed by atoms with Crippen LogP contribution in [-0.4, -0.2) is 52.7 Å². The predicted octanol–water partition coefficient (Wildman–Crippen LogP) is 1.86. The first-order valence-electron chi connectivity index (χ1n) is 6.67. The van der Waals surface area contributed by atoms with Crippen molar-refractivity contribution >= 4 is 11.9 Å². The summed E-state index contributed by atoms with van der Waals surface area (Å²) < 4.78 is 5.41. The van der Waals surface area contributed by atoms with Crippen molar-refractivity contribution in [1.82, 2.24) is 14.9 Å². The molecule has 1 N–H and O–H groups in total. The molecule has 1 aromatic heterocycles. The fourth-order valence-corrected chi connectivity index (χ4v) is 2.09. The monoisotopic (exact) mass is 266 g/mol. The molecule has 0 unspecified atom stereocenters. The van der Waals surface area contributed by atoms with Crippen LogP contribution in [0.4, 0.5) is 10.6 Å². The van der Waals surface area contributed by atoms with E-state index in [-0.39, 0.29) is 6.09 Å². The predicted molar refractivity (Wildman–Crippen MR) is 73.2 cm³/mol. The minimum atomic E-state index is -0.438. The maximum Gasteiger partial charge on any atom is 0.410 e. The number of rotatable bonds is 1. The van der Waals surface area contributed by atoms with Gasteiger partial charge in [0.25, 0.3) is 0 Å². The molecule has 1 aliphatic heterocycles. The molecule has 0 saturated carbocycles. The zero-order valence-corrected chi connectivity index (χ0v) is 11.8. The van der Waals surface area contributed by atoms with Crippen LogP contribution in [0.3, 0.4) is 0 Å². The van der Waals surface area contributed by atoms with Gasteiger partial charge in [-0.05, 0) is 27.2 Å². The fourth-order valence-electron chi connectivity index (χ4n) is 2.09. The number of hydrogen-bond acceptors (Lipinski definition) is 4. The van der Waals surface area contributed by atoms with Crippen LogP contribution in [0, 0.1) is 0 Å². The maximum absolute atomic E-state index is 12.0. The first kappa shape index (κ1) is 13.7. The van der Waals surface area contributed by atoms with Crippen LogP contribution in [0.25, 0.3) is 0 Å². The topological polar surface area (TPSA) is 61.5 Å². The van der Waals surface area contributed by atoms with Gasteiger partial charge in [-0.25, -0.2) is 9.78 Å². The molecule has 6 heteroatoms. The van der Waals surface area contributed by atoms with E-state index in [4.69, 9.17) is 4.74 Å². The van der Waals surface area contributed by atoms with E-state index in [1.807, 2.05) is 27.0 Å². The van der Waals surface area contributed by atoms with Crippen molar-refractivity contribution in [1.29, 1.82) is 0 Å².